The number of rotatable bonds is 7. The zero-order valence-electron chi connectivity index (χ0n) is 14.9. The summed E-state index contributed by atoms with van der Waals surface area (Å²) >= 11 is 1.65. The number of nitrogens with one attached hydrogen (secondary N) is 1. The van der Waals surface area contributed by atoms with Crippen molar-refractivity contribution in [3.63, 3.8) is 0 Å². The van der Waals surface area contributed by atoms with Crippen LogP contribution in [0.1, 0.15) is 62.8 Å². The van der Waals surface area contributed by atoms with Crippen molar-refractivity contribution in [2.75, 3.05) is 5.32 Å². The maximum absolute atomic E-state index is 12.7. The molecule has 1 fully saturated rings. The number of amides is 1. The summed E-state index contributed by atoms with van der Waals surface area (Å²) < 4.78 is 1.79. The fourth-order valence-electron chi connectivity index (χ4n) is 3.92. The van der Waals surface area contributed by atoms with Gasteiger partial charge in [0.1, 0.15) is 5.82 Å². The lowest BCUT2D eigenvalue weighted by atomic mass is 9.69. The van der Waals surface area contributed by atoms with E-state index < -0.39 is 11.4 Å². The largest absolute Gasteiger partial charge is 0.550 e. The second kappa shape index (κ2) is 8.03. The Morgan fingerprint density at radius 3 is 2.73 bits per heavy atom. The number of carboxylic acids is 1. The van der Waals surface area contributed by atoms with Gasteiger partial charge in [0.2, 0.25) is 5.91 Å². The Hall–Kier alpha value is -2.15. The molecule has 1 saturated carbocycles. The summed E-state index contributed by atoms with van der Waals surface area (Å²) in [6.07, 6.45) is 6.38. The summed E-state index contributed by atoms with van der Waals surface area (Å²) in [6.45, 7) is 2.03. The molecule has 1 atom stereocenters. The number of aromatic nitrogens is 2. The molecule has 0 radical (unpaired) electrons. The predicted molar refractivity (Wildman–Crippen MR) is 98.7 cm³/mol. The first-order chi connectivity index (χ1) is 12.5. The van der Waals surface area contributed by atoms with E-state index in [2.05, 4.69) is 10.4 Å². The monoisotopic (exact) mass is 374 g/mol. The van der Waals surface area contributed by atoms with Gasteiger partial charge in [-0.25, -0.2) is 4.68 Å². The van der Waals surface area contributed by atoms with E-state index in [0.29, 0.717) is 5.82 Å². The third-order valence-corrected chi connectivity index (χ3v) is 6.27. The fraction of sp³-hybridized carbons (Fsp3) is 0.526. The summed E-state index contributed by atoms with van der Waals surface area (Å²) in [7, 11) is 0. The van der Waals surface area contributed by atoms with Crippen molar-refractivity contribution in [1.82, 2.24) is 9.78 Å². The summed E-state index contributed by atoms with van der Waals surface area (Å²) in [5.41, 5.74) is -0.481. The second-order valence-corrected chi connectivity index (χ2v) is 8.17. The molecule has 7 heteroatoms. The maximum atomic E-state index is 12.7. The number of hydrogen-bond acceptors (Lipinski definition) is 5. The molecule has 2 aromatic heterocycles. The van der Waals surface area contributed by atoms with Crippen molar-refractivity contribution in [3.05, 3.63) is 34.7 Å². The van der Waals surface area contributed by atoms with Crippen molar-refractivity contribution in [3.8, 4) is 0 Å². The quantitative estimate of drug-likeness (QED) is 0.807. The Morgan fingerprint density at radius 2 is 2.08 bits per heavy atom. The Bertz CT molecular complexity index is 748. The van der Waals surface area contributed by atoms with E-state index in [1.54, 1.807) is 28.3 Å². The first-order valence-electron chi connectivity index (χ1n) is 9.06. The number of anilines is 1. The molecular formula is C19H24N3O3S-. The molecule has 2 aromatic rings. The maximum Gasteiger partial charge on any atom is 0.226 e. The van der Waals surface area contributed by atoms with Gasteiger partial charge in [-0.15, -0.1) is 11.3 Å². The first kappa shape index (κ1) is 18.6. The van der Waals surface area contributed by atoms with E-state index in [1.807, 2.05) is 24.4 Å². The van der Waals surface area contributed by atoms with Crippen molar-refractivity contribution < 1.29 is 14.7 Å². The van der Waals surface area contributed by atoms with Crippen LogP contribution >= 0.6 is 11.3 Å². The zero-order chi connectivity index (χ0) is 18.6. The Kier molecular flexibility index (Phi) is 5.76. The van der Waals surface area contributed by atoms with Crippen molar-refractivity contribution >= 4 is 29.0 Å². The van der Waals surface area contributed by atoms with E-state index in [4.69, 9.17) is 0 Å². The highest BCUT2D eigenvalue weighted by Gasteiger charge is 2.34. The van der Waals surface area contributed by atoms with Gasteiger partial charge < -0.3 is 15.2 Å². The highest BCUT2D eigenvalue weighted by atomic mass is 32.1. The summed E-state index contributed by atoms with van der Waals surface area (Å²) in [6, 6.07) is 5.82. The molecule has 1 amide bonds. The molecule has 0 saturated heterocycles. The number of aliphatic carboxylic acids is 1. The average Bonchev–Trinajstić information content (AvgIpc) is 3.25. The van der Waals surface area contributed by atoms with Crippen molar-refractivity contribution in [2.45, 2.75) is 57.9 Å². The third kappa shape index (κ3) is 4.33. The smallest absolute Gasteiger partial charge is 0.226 e. The predicted octanol–water partition coefficient (Wildman–Crippen LogP) is 2.97. The minimum Gasteiger partial charge on any atom is -0.550 e. The van der Waals surface area contributed by atoms with E-state index in [0.717, 1.165) is 37.0 Å². The van der Waals surface area contributed by atoms with Gasteiger partial charge in [-0.2, -0.15) is 5.10 Å². The van der Waals surface area contributed by atoms with Crippen LogP contribution in [-0.4, -0.2) is 21.7 Å². The van der Waals surface area contributed by atoms with Gasteiger partial charge in [-0.05, 0) is 43.0 Å². The molecule has 0 unspecified atom stereocenters. The van der Waals surface area contributed by atoms with Gasteiger partial charge >= 0.3 is 0 Å². The molecule has 1 aliphatic rings. The Morgan fingerprint density at radius 1 is 1.31 bits per heavy atom. The summed E-state index contributed by atoms with van der Waals surface area (Å²) in [4.78, 5) is 25.0. The van der Waals surface area contributed by atoms with Crippen LogP contribution in [0.3, 0.4) is 0 Å². The molecule has 0 spiro atoms. The lowest BCUT2D eigenvalue weighted by molar-refractivity contribution is -0.308. The van der Waals surface area contributed by atoms with Crippen molar-refractivity contribution in [2.24, 2.45) is 5.41 Å². The normalized spacial score (nSPS) is 17.6. The third-order valence-electron chi connectivity index (χ3n) is 5.23. The van der Waals surface area contributed by atoms with Gasteiger partial charge in [-0.3, -0.25) is 4.79 Å². The fourth-order valence-corrected chi connectivity index (χ4v) is 4.69. The molecule has 26 heavy (non-hydrogen) atoms. The SMILES string of the molecule is C[C@H](c1cccs1)n1nccc1NC(=O)CC1(CC(=O)[O-])CCCCC1. The molecule has 0 bridgehead atoms. The van der Waals surface area contributed by atoms with Crippen molar-refractivity contribution in [1.29, 1.82) is 0 Å². The highest BCUT2D eigenvalue weighted by Crippen LogP contribution is 2.42. The molecule has 3 rings (SSSR count). The number of hydrogen-bond donors (Lipinski definition) is 1. The molecule has 1 aliphatic carbocycles. The summed E-state index contributed by atoms with van der Waals surface area (Å²) in [5.74, 6) is -0.598. The van der Waals surface area contributed by atoms with Crippen LogP contribution in [0.2, 0.25) is 0 Å². The van der Waals surface area contributed by atoms with Gasteiger partial charge in [0.15, 0.2) is 0 Å². The minimum atomic E-state index is -1.07. The molecule has 2 heterocycles. The lowest BCUT2D eigenvalue weighted by Crippen LogP contribution is -2.37. The number of carbonyl (C=O) groups excluding carboxylic acids is 2. The second-order valence-electron chi connectivity index (χ2n) is 7.19. The number of carbonyl (C=O) groups is 2. The Labute approximate surface area is 157 Å². The lowest BCUT2D eigenvalue weighted by Gasteiger charge is -2.37. The van der Waals surface area contributed by atoms with Crippen LogP contribution in [0.15, 0.2) is 29.8 Å². The highest BCUT2D eigenvalue weighted by molar-refractivity contribution is 7.10. The molecule has 0 aromatic carbocycles. The molecule has 140 valence electrons. The number of nitrogens with zero attached hydrogens (tertiary/aromatic N) is 2. The topological polar surface area (TPSA) is 87.0 Å². The molecule has 0 aliphatic heterocycles. The van der Waals surface area contributed by atoms with Crippen LogP contribution in [-0.2, 0) is 9.59 Å². The number of carboxylic acid groups (broad SMARTS) is 1. The van der Waals surface area contributed by atoms with Crippen LogP contribution in [0.4, 0.5) is 5.82 Å². The van der Waals surface area contributed by atoms with Gasteiger partial charge in [0.25, 0.3) is 0 Å². The van der Waals surface area contributed by atoms with Gasteiger partial charge in [0.05, 0.1) is 12.2 Å². The summed E-state index contributed by atoms with van der Waals surface area (Å²) in [5, 5.41) is 20.5. The minimum absolute atomic E-state index is 0.0205. The van der Waals surface area contributed by atoms with Crippen LogP contribution in [0.5, 0.6) is 0 Å². The van der Waals surface area contributed by atoms with E-state index in [1.165, 1.54) is 0 Å². The first-order valence-corrected chi connectivity index (χ1v) is 9.94. The standard InChI is InChI=1S/C19H25N3O3S/c1-14(15-6-5-11-26-15)22-16(7-10-20-22)21-17(23)12-19(13-18(24)25)8-3-2-4-9-19/h5-7,10-11,14H,2-4,8-9,12-13H2,1H3,(H,21,23)(H,24,25)/p-1/t14-/m1/s1. The van der Waals surface area contributed by atoms with Crippen LogP contribution < -0.4 is 10.4 Å². The number of thiophene rings is 1. The van der Waals surface area contributed by atoms with Crippen LogP contribution in [0.25, 0.3) is 0 Å². The van der Waals surface area contributed by atoms with Gasteiger partial charge in [0, 0.05) is 23.3 Å². The Balaban J connectivity index is 1.70. The molecule has 6 nitrogen and oxygen atoms in total. The van der Waals surface area contributed by atoms with E-state index in [9.17, 15) is 14.7 Å². The average molecular weight is 374 g/mol. The van der Waals surface area contributed by atoms with E-state index >= 15 is 0 Å². The van der Waals surface area contributed by atoms with E-state index in [-0.39, 0.29) is 24.8 Å². The molecular weight excluding hydrogens is 350 g/mol. The zero-order valence-corrected chi connectivity index (χ0v) is 15.8. The van der Waals surface area contributed by atoms with Gasteiger partial charge in [-0.1, -0.05) is 25.3 Å². The van der Waals surface area contributed by atoms with Crippen LogP contribution in [0, 0.1) is 5.41 Å². The molecule has 1 N–H and O–H groups in total.